The van der Waals surface area contributed by atoms with Crippen molar-refractivity contribution >= 4 is 57.7 Å². The molecule has 3 amide bonds. The third-order valence-electron chi connectivity index (χ3n) is 7.06. The van der Waals surface area contributed by atoms with E-state index in [4.69, 9.17) is 0 Å². The van der Waals surface area contributed by atoms with Crippen LogP contribution in [0.25, 0.3) is 17.3 Å². The zero-order valence-corrected chi connectivity index (χ0v) is 27.6. The summed E-state index contributed by atoms with van der Waals surface area (Å²) in [5, 5.41) is 8.77. The number of anilines is 2. The van der Waals surface area contributed by atoms with Crippen LogP contribution in [0.15, 0.2) is 114 Å². The second-order valence-corrected chi connectivity index (χ2v) is 13.4. The van der Waals surface area contributed by atoms with Crippen LogP contribution in [0.2, 0.25) is 0 Å². The molecule has 0 saturated heterocycles. The van der Waals surface area contributed by atoms with Crippen molar-refractivity contribution in [1.29, 1.82) is 0 Å². The van der Waals surface area contributed by atoms with Crippen LogP contribution in [0.3, 0.4) is 0 Å². The molecule has 0 spiro atoms. The summed E-state index contributed by atoms with van der Waals surface area (Å²) in [7, 11) is 0. The first-order valence-corrected chi connectivity index (χ1v) is 16.4. The molecule has 0 aliphatic heterocycles. The van der Waals surface area contributed by atoms with Gasteiger partial charge in [-0.3, -0.25) is 14.4 Å². The highest BCUT2D eigenvalue weighted by molar-refractivity contribution is 8.00. The average Bonchev–Trinajstić information content (AvgIpc) is 3.42. The third-order valence-corrected chi connectivity index (χ3v) is 9.06. The van der Waals surface area contributed by atoms with Crippen LogP contribution < -0.4 is 16.0 Å². The van der Waals surface area contributed by atoms with Gasteiger partial charge in [-0.05, 0) is 75.7 Å². The zero-order chi connectivity index (χ0) is 32.6. The Labute approximate surface area is 277 Å². The average molecular weight is 647 g/mol. The number of rotatable bonds is 10. The minimum absolute atomic E-state index is 0.115. The largest absolute Gasteiger partial charge is 0.321 e. The third kappa shape index (κ3) is 8.59. The fourth-order valence-electron chi connectivity index (χ4n) is 4.48. The van der Waals surface area contributed by atoms with Crippen LogP contribution in [0.1, 0.15) is 38.8 Å². The lowest BCUT2D eigenvalue weighted by atomic mass is 10.1. The number of aryl methyl sites for hydroxylation is 3. The van der Waals surface area contributed by atoms with Crippen molar-refractivity contribution in [2.75, 3.05) is 10.6 Å². The maximum absolute atomic E-state index is 13.4. The van der Waals surface area contributed by atoms with Crippen LogP contribution in [-0.2, 0) is 9.59 Å². The van der Waals surface area contributed by atoms with Gasteiger partial charge in [0.05, 0.1) is 10.9 Å². The highest BCUT2D eigenvalue weighted by Gasteiger charge is 2.19. The fourth-order valence-corrected chi connectivity index (χ4v) is 6.19. The molecule has 46 heavy (non-hydrogen) atoms. The number of nitrogens with one attached hydrogen (secondary N) is 3. The van der Waals surface area contributed by atoms with Gasteiger partial charge < -0.3 is 16.0 Å². The second-order valence-electron chi connectivity index (χ2n) is 10.8. The molecule has 0 saturated carbocycles. The lowest BCUT2D eigenvalue weighted by Gasteiger charge is -2.13. The maximum Gasteiger partial charge on any atom is 0.272 e. The molecule has 4 aromatic carbocycles. The Morgan fingerprint density at radius 2 is 1.41 bits per heavy atom. The van der Waals surface area contributed by atoms with Crippen LogP contribution in [0.4, 0.5) is 10.8 Å². The molecule has 1 aromatic heterocycles. The highest BCUT2D eigenvalue weighted by Crippen LogP contribution is 2.32. The number of hydrogen-bond donors (Lipinski definition) is 3. The van der Waals surface area contributed by atoms with Gasteiger partial charge in [-0.15, -0.1) is 23.1 Å². The van der Waals surface area contributed by atoms with E-state index in [0.717, 1.165) is 32.2 Å². The van der Waals surface area contributed by atoms with E-state index in [0.29, 0.717) is 16.4 Å². The second kappa shape index (κ2) is 14.9. The molecular weight excluding hydrogens is 613 g/mol. The van der Waals surface area contributed by atoms with Crippen molar-refractivity contribution in [2.24, 2.45) is 0 Å². The number of benzene rings is 4. The molecule has 3 N–H and O–H groups in total. The first-order chi connectivity index (χ1) is 22.1. The first kappa shape index (κ1) is 32.4. The normalized spacial score (nSPS) is 11.9. The Morgan fingerprint density at radius 3 is 2.07 bits per heavy atom. The molecule has 9 heteroatoms. The molecule has 7 nitrogen and oxygen atoms in total. The van der Waals surface area contributed by atoms with Gasteiger partial charge in [0.2, 0.25) is 5.91 Å². The number of thioether (sulfide) groups is 1. The van der Waals surface area contributed by atoms with E-state index in [1.165, 1.54) is 28.7 Å². The molecule has 1 heterocycles. The lowest BCUT2D eigenvalue weighted by Crippen LogP contribution is -2.30. The standard InChI is InChI=1S/C37H34N4O3S2/c1-23-10-14-27(15-11-23)22-32(39-35(43)29-8-6-5-7-9-29)36(44)38-30-18-20-31(21-19-30)45-26(4)34(42)41-37-40-33(25(3)46-37)28-16-12-24(2)13-17-28/h5-22,26H,1-4H3,(H,38,44)(H,39,43)(H,40,41,42)/b32-22-. The summed E-state index contributed by atoms with van der Waals surface area (Å²) in [6.07, 6.45) is 1.65. The number of amides is 3. The topological polar surface area (TPSA) is 100 Å². The minimum atomic E-state index is -0.457. The molecule has 0 bridgehead atoms. The number of aromatic nitrogens is 1. The van der Waals surface area contributed by atoms with E-state index in [1.807, 2.05) is 94.4 Å². The van der Waals surface area contributed by atoms with Crippen molar-refractivity contribution in [2.45, 2.75) is 37.8 Å². The Morgan fingerprint density at radius 1 is 0.783 bits per heavy atom. The lowest BCUT2D eigenvalue weighted by molar-refractivity contribution is -0.115. The Kier molecular flexibility index (Phi) is 10.5. The van der Waals surface area contributed by atoms with Crippen LogP contribution in [0, 0.1) is 20.8 Å². The molecule has 1 unspecified atom stereocenters. The monoisotopic (exact) mass is 646 g/mol. The predicted octanol–water partition coefficient (Wildman–Crippen LogP) is 8.26. The van der Waals surface area contributed by atoms with Crippen molar-refractivity contribution in [3.05, 3.63) is 136 Å². The van der Waals surface area contributed by atoms with Gasteiger partial charge in [0.1, 0.15) is 5.70 Å². The SMILES string of the molecule is Cc1ccc(/C=C(\NC(=O)c2ccccc2)C(=O)Nc2ccc(SC(C)C(=O)Nc3nc(-c4ccc(C)cc4)c(C)s3)cc2)cc1. The summed E-state index contributed by atoms with van der Waals surface area (Å²) >= 11 is 2.86. The van der Waals surface area contributed by atoms with Gasteiger partial charge in [0.15, 0.2) is 5.13 Å². The Balaban J connectivity index is 1.22. The summed E-state index contributed by atoms with van der Waals surface area (Å²) in [5.41, 5.74) is 6.05. The van der Waals surface area contributed by atoms with Crippen LogP contribution >= 0.6 is 23.1 Å². The van der Waals surface area contributed by atoms with Gasteiger partial charge in [-0.1, -0.05) is 77.9 Å². The summed E-state index contributed by atoms with van der Waals surface area (Å²) in [6, 6.07) is 31.8. The molecular formula is C37H34N4O3S2. The van der Waals surface area contributed by atoms with E-state index in [9.17, 15) is 14.4 Å². The van der Waals surface area contributed by atoms with Gasteiger partial charge in [0.25, 0.3) is 11.8 Å². The van der Waals surface area contributed by atoms with Gasteiger partial charge in [0, 0.05) is 26.6 Å². The number of hydrogen-bond acceptors (Lipinski definition) is 6. The van der Waals surface area contributed by atoms with Crippen molar-refractivity contribution in [3.8, 4) is 11.3 Å². The summed E-state index contributed by atoms with van der Waals surface area (Å²) < 4.78 is 0. The number of carbonyl (C=O) groups is 3. The van der Waals surface area contributed by atoms with Gasteiger partial charge >= 0.3 is 0 Å². The van der Waals surface area contributed by atoms with E-state index in [2.05, 4.69) is 20.9 Å². The smallest absolute Gasteiger partial charge is 0.272 e. The quantitative estimate of drug-likeness (QED) is 0.105. The molecule has 5 rings (SSSR count). The minimum Gasteiger partial charge on any atom is -0.321 e. The fraction of sp³-hybridized carbons (Fsp3) is 0.135. The van der Waals surface area contributed by atoms with Crippen LogP contribution in [0.5, 0.6) is 0 Å². The predicted molar refractivity (Wildman–Crippen MR) is 189 cm³/mol. The Hall–Kier alpha value is -4.99. The molecule has 0 aliphatic rings. The molecule has 0 radical (unpaired) electrons. The molecule has 1 atom stereocenters. The van der Waals surface area contributed by atoms with Crippen molar-refractivity contribution in [3.63, 3.8) is 0 Å². The summed E-state index contributed by atoms with van der Waals surface area (Å²) in [4.78, 5) is 45.8. The maximum atomic E-state index is 13.4. The molecule has 0 fully saturated rings. The first-order valence-electron chi connectivity index (χ1n) is 14.7. The van der Waals surface area contributed by atoms with Crippen LogP contribution in [-0.4, -0.2) is 28.0 Å². The zero-order valence-electron chi connectivity index (χ0n) is 26.0. The van der Waals surface area contributed by atoms with E-state index < -0.39 is 5.91 Å². The van der Waals surface area contributed by atoms with Gasteiger partial charge in [-0.25, -0.2) is 4.98 Å². The number of thiazole rings is 1. The molecule has 0 aliphatic carbocycles. The van der Waals surface area contributed by atoms with Gasteiger partial charge in [-0.2, -0.15) is 0 Å². The van der Waals surface area contributed by atoms with E-state index in [1.54, 1.807) is 42.5 Å². The summed E-state index contributed by atoms with van der Waals surface area (Å²) in [6.45, 7) is 7.87. The highest BCUT2D eigenvalue weighted by atomic mass is 32.2. The van der Waals surface area contributed by atoms with E-state index >= 15 is 0 Å². The summed E-state index contributed by atoms with van der Waals surface area (Å²) in [5.74, 6) is -0.985. The van der Waals surface area contributed by atoms with Crippen molar-refractivity contribution in [1.82, 2.24) is 10.3 Å². The van der Waals surface area contributed by atoms with Crippen molar-refractivity contribution < 1.29 is 14.4 Å². The number of nitrogens with zero attached hydrogens (tertiary/aromatic N) is 1. The number of carbonyl (C=O) groups excluding carboxylic acids is 3. The molecule has 5 aromatic rings. The molecule has 232 valence electrons. The Bertz CT molecular complexity index is 1870. The van der Waals surface area contributed by atoms with E-state index in [-0.39, 0.29) is 22.8 Å².